The standard InChI is InChI=1S/C13H18Cl2N2O2/c1-9(2)8-19-13-11(14)5-10(6-12(13)15)7-17-16-3-4-18/h5-7,9,16,18H,3-4,8H2,1-2H3. The van der Waals surface area contributed by atoms with Crippen molar-refractivity contribution in [1.29, 1.82) is 0 Å². The van der Waals surface area contributed by atoms with Gasteiger partial charge in [-0.15, -0.1) is 0 Å². The predicted octanol–water partition coefficient (Wildman–Crippen LogP) is 2.94. The van der Waals surface area contributed by atoms with Crippen LogP contribution in [0.15, 0.2) is 17.2 Å². The van der Waals surface area contributed by atoms with Crippen molar-refractivity contribution in [1.82, 2.24) is 5.43 Å². The van der Waals surface area contributed by atoms with Crippen molar-refractivity contribution in [3.8, 4) is 5.75 Å². The molecule has 1 rings (SSSR count). The number of nitrogens with one attached hydrogen (secondary N) is 1. The lowest BCUT2D eigenvalue weighted by molar-refractivity contribution is 0.271. The molecule has 1 aromatic carbocycles. The molecule has 0 bridgehead atoms. The van der Waals surface area contributed by atoms with E-state index in [1.165, 1.54) is 0 Å². The van der Waals surface area contributed by atoms with Gasteiger partial charge in [-0.1, -0.05) is 37.0 Å². The van der Waals surface area contributed by atoms with E-state index in [0.717, 1.165) is 5.56 Å². The fraction of sp³-hybridized carbons (Fsp3) is 0.462. The van der Waals surface area contributed by atoms with E-state index in [9.17, 15) is 0 Å². The van der Waals surface area contributed by atoms with Crippen LogP contribution in [0.5, 0.6) is 5.75 Å². The number of halogens is 2. The summed E-state index contributed by atoms with van der Waals surface area (Å²) in [6, 6.07) is 3.46. The smallest absolute Gasteiger partial charge is 0.156 e. The molecule has 0 saturated carbocycles. The van der Waals surface area contributed by atoms with Gasteiger partial charge in [0.25, 0.3) is 0 Å². The lowest BCUT2D eigenvalue weighted by Crippen LogP contribution is -2.11. The van der Waals surface area contributed by atoms with Gasteiger partial charge in [-0.3, -0.25) is 0 Å². The van der Waals surface area contributed by atoms with Crippen LogP contribution in [-0.2, 0) is 0 Å². The van der Waals surface area contributed by atoms with Gasteiger partial charge in [-0.25, -0.2) is 0 Å². The normalized spacial score (nSPS) is 11.3. The van der Waals surface area contributed by atoms with Crippen LogP contribution in [0.3, 0.4) is 0 Å². The average Bonchev–Trinajstić information content (AvgIpc) is 2.33. The summed E-state index contributed by atoms with van der Waals surface area (Å²) in [7, 11) is 0. The molecule has 2 N–H and O–H groups in total. The molecule has 6 heteroatoms. The molecule has 106 valence electrons. The maximum absolute atomic E-state index is 8.60. The highest BCUT2D eigenvalue weighted by Gasteiger charge is 2.09. The quantitative estimate of drug-likeness (QED) is 0.462. The minimum Gasteiger partial charge on any atom is -0.490 e. The van der Waals surface area contributed by atoms with Crippen molar-refractivity contribution in [3.05, 3.63) is 27.7 Å². The Hall–Kier alpha value is -0.970. The Morgan fingerprint density at radius 3 is 2.53 bits per heavy atom. The minimum atomic E-state index is 0.0286. The maximum Gasteiger partial charge on any atom is 0.156 e. The Kier molecular flexibility index (Phi) is 6.99. The van der Waals surface area contributed by atoms with Crippen LogP contribution < -0.4 is 10.2 Å². The molecule has 1 aromatic rings. The molecule has 0 aliphatic rings. The Morgan fingerprint density at radius 2 is 2.00 bits per heavy atom. The first-order valence-electron chi connectivity index (χ1n) is 6.03. The topological polar surface area (TPSA) is 53.8 Å². The van der Waals surface area contributed by atoms with Gasteiger partial charge < -0.3 is 15.3 Å². The van der Waals surface area contributed by atoms with Gasteiger partial charge in [0, 0.05) is 0 Å². The number of aliphatic hydroxyl groups is 1. The second kappa shape index (κ2) is 8.25. The number of hydrogen-bond donors (Lipinski definition) is 2. The average molecular weight is 305 g/mol. The van der Waals surface area contributed by atoms with Crippen molar-refractivity contribution in [2.24, 2.45) is 11.0 Å². The van der Waals surface area contributed by atoms with E-state index < -0.39 is 0 Å². The maximum atomic E-state index is 8.60. The molecule has 0 amide bonds. The zero-order chi connectivity index (χ0) is 14.3. The second-order valence-corrected chi connectivity index (χ2v) is 5.22. The molecule has 19 heavy (non-hydrogen) atoms. The van der Waals surface area contributed by atoms with Gasteiger partial charge >= 0.3 is 0 Å². The van der Waals surface area contributed by atoms with Crippen LogP contribution in [0.4, 0.5) is 0 Å². The molecule has 0 unspecified atom stereocenters. The molecule has 0 atom stereocenters. The van der Waals surface area contributed by atoms with Crippen molar-refractivity contribution < 1.29 is 9.84 Å². The fourth-order valence-corrected chi connectivity index (χ4v) is 1.89. The molecule has 0 aliphatic carbocycles. The molecule has 0 aromatic heterocycles. The number of aliphatic hydroxyl groups excluding tert-OH is 1. The Balaban J connectivity index is 2.75. The van der Waals surface area contributed by atoms with E-state index in [1.807, 2.05) is 0 Å². The highest BCUT2D eigenvalue weighted by Crippen LogP contribution is 2.34. The molecule has 0 spiro atoms. The summed E-state index contributed by atoms with van der Waals surface area (Å²) in [5.41, 5.74) is 3.44. The first-order chi connectivity index (χ1) is 9.04. The molecule has 0 saturated heterocycles. The monoisotopic (exact) mass is 304 g/mol. The third-order valence-electron chi connectivity index (χ3n) is 2.11. The van der Waals surface area contributed by atoms with Crippen LogP contribution in [0.25, 0.3) is 0 Å². The highest BCUT2D eigenvalue weighted by molar-refractivity contribution is 6.37. The molecule has 0 heterocycles. The molecule has 0 fully saturated rings. The van der Waals surface area contributed by atoms with Crippen molar-refractivity contribution >= 4 is 29.4 Å². The van der Waals surface area contributed by atoms with Crippen LogP contribution in [0.1, 0.15) is 19.4 Å². The number of hydrazone groups is 1. The summed E-state index contributed by atoms with van der Waals surface area (Å²) in [5, 5.41) is 13.4. The van der Waals surface area contributed by atoms with Crippen LogP contribution in [0.2, 0.25) is 10.0 Å². The first kappa shape index (κ1) is 16.1. The third-order valence-corrected chi connectivity index (χ3v) is 2.67. The molecule has 0 radical (unpaired) electrons. The van der Waals surface area contributed by atoms with E-state index in [0.29, 0.717) is 34.9 Å². The summed E-state index contributed by atoms with van der Waals surface area (Å²) in [6.07, 6.45) is 1.58. The summed E-state index contributed by atoms with van der Waals surface area (Å²) in [4.78, 5) is 0. The molecular formula is C13H18Cl2N2O2. The Bertz CT molecular complexity index is 414. The fourth-order valence-electron chi connectivity index (χ4n) is 1.28. The molecule has 4 nitrogen and oxygen atoms in total. The van der Waals surface area contributed by atoms with Crippen LogP contribution in [0, 0.1) is 5.92 Å². The lowest BCUT2D eigenvalue weighted by Gasteiger charge is -2.12. The minimum absolute atomic E-state index is 0.0286. The number of rotatable bonds is 7. The highest BCUT2D eigenvalue weighted by atomic mass is 35.5. The number of benzene rings is 1. The lowest BCUT2D eigenvalue weighted by atomic mass is 10.2. The van der Waals surface area contributed by atoms with E-state index >= 15 is 0 Å². The van der Waals surface area contributed by atoms with Crippen LogP contribution >= 0.6 is 23.2 Å². The zero-order valence-electron chi connectivity index (χ0n) is 11.0. The number of nitrogens with zero attached hydrogens (tertiary/aromatic N) is 1. The van der Waals surface area contributed by atoms with Crippen molar-refractivity contribution in [3.63, 3.8) is 0 Å². The van der Waals surface area contributed by atoms with Gasteiger partial charge in [0.2, 0.25) is 0 Å². The van der Waals surface area contributed by atoms with E-state index in [1.54, 1.807) is 18.3 Å². The summed E-state index contributed by atoms with van der Waals surface area (Å²) in [5.74, 6) is 0.897. The first-order valence-corrected chi connectivity index (χ1v) is 6.78. The third kappa shape index (κ3) is 5.68. The van der Waals surface area contributed by atoms with E-state index in [2.05, 4.69) is 24.4 Å². The predicted molar refractivity (Wildman–Crippen MR) is 79.5 cm³/mol. The Labute approximate surface area is 123 Å². The summed E-state index contributed by atoms with van der Waals surface area (Å²) >= 11 is 12.3. The van der Waals surface area contributed by atoms with Crippen molar-refractivity contribution in [2.75, 3.05) is 19.8 Å². The zero-order valence-corrected chi connectivity index (χ0v) is 12.5. The Morgan fingerprint density at radius 1 is 1.37 bits per heavy atom. The number of ether oxygens (including phenoxy) is 1. The van der Waals surface area contributed by atoms with Crippen molar-refractivity contribution in [2.45, 2.75) is 13.8 Å². The SMILES string of the molecule is CC(C)COc1c(Cl)cc(C=NNCCO)cc1Cl. The summed E-state index contributed by atoms with van der Waals surface area (Å²) in [6.45, 7) is 5.09. The summed E-state index contributed by atoms with van der Waals surface area (Å²) < 4.78 is 5.57. The van der Waals surface area contributed by atoms with E-state index in [4.69, 9.17) is 33.0 Å². The van der Waals surface area contributed by atoms with Gasteiger partial charge in [-0.2, -0.15) is 5.10 Å². The molecule has 0 aliphatic heterocycles. The second-order valence-electron chi connectivity index (χ2n) is 4.41. The van der Waals surface area contributed by atoms with Gasteiger partial charge in [0.05, 0.1) is 36.0 Å². The van der Waals surface area contributed by atoms with Gasteiger partial charge in [0.15, 0.2) is 5.75 Å². The van der Waals surface area contributed by atoms with Gasteiger partial charge in [-0.05, 0) is 23.6 Å². The largest absolute Gasteiger partial charge is 0.490 e. The molecular weight excluding hydrogens is 287 g/mol. The van der Waals surface area contributed by atoms with Crippen LogP contribution in [-0.4, -0.2) is 31.1 Å². The number of hydrogen-bond acceptors (Lipinski definition) is 4. The van der Waals surface area contributed by atoms with E-state index in [-0.39, 0.29) is 6.61 Å². The van der Waals surface area contributed by atoms with Gasteiger partial charge in [0.1, 0.15) is 0 Å².